The van der Waals surface area contributed by atoms with Crippen LogP contribution in [0.3, 0.4) is 0 Å². The van der Waals surface area contributed by atoms with Crippen molar-refractivity contribution in [3.8, 4) is 5.75 Å². The van der Waals surface area contributed by atoms with Crippen molar-refractivity contribution in [1.82, 2.24) is 5.32 Å². The van der Waals surface area contributed by atoms with Crippen molar-refractivity contribution in [1.29, 1.82) is 0 Å². The van der Waals surface area contributed by atoms with Gasteiger partial charge in [0.2, 0.25) is 0 Å². The number of hydrogen-bond donors (Lipinski definition) is 1. The maximum absolute atomic E-state index is 10.9. The van der Waals surface area contributed by atoms with Crippen molar-refractivity contribution >= 4 is 5.69 Å². The zero-order valence-corrected chi connectivity index (χ0v) is 11.1. The quantitative estimate of drug-likeness (QED) is 0.598. The van der Waals surface area contributed by atoms with Crippen LogP contribution in [0.15, 0.2) is 18.2 Å². The summed E-state index contributed by atoms with van der Waals surface area (Å²) in [7, 11) is 0. The van der Waals surface area contributed by atoms with Gasteiger partial charge in [0.25, 0.3) is 0 Å². The number of nitro groups is 1. The molecule has 18 heavy (non-hydrogen) atoms. The minimum atomic E-state index is -0.408. The van der Waals surface area contributed by atoms with Crippen molar-refractivity contribution in [3.63, 3.8) is 0 Å². The molecule has 1 atom stereocenters. The largest absolute Gasteiger partial charge is 0.484 e. The Hall–Kier alpha value is -1.62. The Labute approximate surface area is 107 Å². The third-order valence-corrected chi connectivity index (χ3v) is 2.70. The molecule has 5 nitrogen and oxygen atoms in total. The van der Waals surface area contributed by atoms with Gasteiger partial charge >= 0.3 is 5.69 Å². The van der Waals surface area contributed by atoms with Crippen molar-refractivity contribution in [2.45, 2.75) is 39.8 Å². The lowest BCUT2D eigenvalue weighted by Gasteiger charge is -2.13. The number of benzene rings is 1. The number of hydrogen-bond acceptors (Lipinski definition) is 4. The maximum atomic E-state index is 10.9. The Morgan fingerprint density at radius 2 is 2.17 bits per heavy atom. The molecule has 0 saturated carbocycles. The first-order valence-electron chi connectivity index (χ1n) is 6.23. The second kappa shape index (κ2) is 6.96. The summed E-state index contributed by atoms with van der Waals surface area (Å²) < 4.78 is 5.61. The van der Waals surface area contributed by atoms with Crippen LogP contribution < -0.4 is 10.1 Å². The van der Waals surface area contributed by atoms with E-state index in [4.69, 9.17) is 4.74 Å². The summed E-state index contributed by atoms with van der Waals surface area (Å²) in [6.45, 7) is 7.45. The summed E-state index contributed by atoms with van der Waals surface area (Å²) in [5.74, 6) is 0.352. The third kappa shape index (κ3) is 4.00. The van der Waals surface area contributed by atoms with E-state index < -0.39 is 4.92 Å². The van der Waals surface area contributed by atoms with Gasteiger partial charge in [0.15, 0.2) is 5.75 Å². The highest BCUT2D eigenvalue weighted by atomic mass is 16.6. The monoisotopic (exact) mass is 252 g/mol. The SMILES string of the molecule is CCNCc1ccc([N+](=O)[O-])c(OC(C)CC)c1. The molecule has 0 saturated heterocycles. The third-order valence-electron chi connectivity index (χ3n) is 2.70. The van der Waals surface area contributed by atoms with Gasteiger partial charge in [0, 0.05) is 12.6 Å². The van der Waals surface area contributed by atoms with Crippen LogP contribution in [0.4, 0.5) is 5.69 Å². The molecule has 0 radical (unpaired) electrons. The van der Waals surface area contributed by atoms with Crippen LogP contribution in [0.5, 0.6) is 5.75 Å². The molecule has 0 fully saturated rings. The first-order chi connectivity index (χ1) is 8.58. The number of nitrogens with one attached hydrogen (secondary N) is 1. The van der Waals surface area contributed by atoms with E-state index in [2.05, 4.69) is 5.32 Å². The predicted octanol–water partition coefficient (Wildman–Crippen LogP) is 2.88. The summed E-state index contributed by atoms with van der Waals surface area (Å²) in [5.41, 5.74) is 1.01. The molecule has 0 aromatic heterocycles. The highest BCUT2D eigenvalue weighted by Gasteiger charge is 2.17. The van der Waals surface area contributed by atoms with Gasteiger partial charge in [-0.05, 0) is 31.5 Å². The highest BCUT2D eigenvalue weighted by Crippen LogP contribution is 2.29. The van der Waals surface area contributed by atoms with E-state index >= 15 is 0 Å². The Balaban J connectivity index is 2.95. The first kappa shape index (κ1) is 14.4. The fourth-order valence-corrected chi connectivity index (χ4v) is 1.48. The molecular formula is C13H20N2O3. The predicted molar refractivity (Wildman–Crippen MR) is 70.9 cm³/mol. The normalized spacial score (nSPS) is 12.2. The van der Waals surface area contributed by atoms with Crippen LogP contribution in [-0.2, 0) is 6.54 Å². The van der Waals surface area contributed by atoms with Crippen LogP contribution in [0.25, 0.3) is 0 Å². The highest BCUT2D eigenvalue weighted by molar-refractivity contribution is 5.48. The molecule has 5 heteroatoms. The lowest BCUT2D eigenvalue weighted by Crippen LogP contribution is -2.14. The number of nitrogens with zero attached hydrogens (tertiary/aromatic N) is 1. The van der Waals surface area contributed by atoms with Crippen LogP contribution >= 0.6 is 0 Å². The molecule has 1 unspecified atom stereocenters. The molecular weight excluding hydrogens is 232 g/mol. The summed E-state index contributed by atoms with van der Waals surface area (Å²) >= 11 is 0. The Bertz CT molecular complexity index is 407. The van der Waals surface area contributed by atoms with Gasteiger partial charge in [-0.25, -0.2) is 0 Å². The molecule has 1 rings (SSSR count). The molecule has 0 aliphatic rings. The summed E-state index contributed by atoms with van der Waals surface area (Å²) in [6.07, 6.45) is 0.785. The van der Waals surface area contributed by atoms with Gasteiger partial charge < -0.3 is 10.1 Å². The second-order valence-corrected chi connectivity index (χ2v) is 4.18. The fraction of sp³-hybridized carbons (Fsp3) is 0.538. The lowest BCUT2D eigenvalue weighted by atomic mass is 10.2. The molecule has 0 bridgehead atoms. The van der Waals surface area contributed by atoms with Crippen LogP contribution in [0, 0.1) is 10.1 Å². The van der Waals surface area contributed by atoms with E-state index in [9.17, 15) is 10.1 Å². The van der Waals surface area contributed by atoms with Gasteiger partial charge in [-0.15, -0.1) is 0 Å². The number of rotatable bonds is 7. The van der Waals surface area contributed by atoms with Crippen molar-refractivity contribution in [2.24, 2.45) is 0 Å². The van der Waals surface area contributed by atoms with Crippen LogP contribution in [0.2, 0.25) is 0 Å². The Morgan fingerprint density at radius 3 is 2.72 bits per heavy atom. The molecule has 100 valence electrons. The van der Waals surface area contributed by atoms with Gasteiger partial charge in [-0.3, -0.25) is 10.1 Å². The summed E-state index contributed by atoms with van der Waals surface area (Å²) in [6, 6.07) is 5.00. The Morgan fingerprint density at radius 1 is 1.44 bits per heavy atom. The number of ether oxygens (including phenoxy) is 1. The minimum Gasteiger partial charge on any atom is -0.484 e. The Kier molecular flexibility index (Phi) is 5.58. The summed E-state index contributed by atoms with van der Waals surface area (Å²) in [5, 5.41) is 14.1. The fourth-order valence-electron chi connectivity index (χ4n) is 1.48. The molecule has 1 aromatic carbocycles. The van der Waals surface area contributed by atoms with Gasteiger partial charge in [-0.2, -0.15) is 0 Å². The van der Waals surface area contributed by atoms with Gasteiger partial charge in [0.05, 0.1) is 11.0 Å². The average molecular weight is 252 g/mol. The van der Waals surface area contributed by atoms with E-state index in [1.165, 1.54) is 6.07 Å². The smallest absolute Gasteiger partial charge is 0.310 e. The zero-order chi connectivity index (χ0) is 13.5. The molecule has 0 heterocycles. The van der Waals surface area contributed by atoms with Crippen LogP contribution in [-0.4, -0.2) is 17.6 Å². The molecule has 0 amide bonds. The van der Waals surface area contributed by atoms with E-state index in [0.29, 0.717) is 12.3 Å². The van der Waals surface area contributed by atoms with E-state index in [1.54, 1.807) is 12.1 Å². The standard InChI is InChI=1S/C13H20N2O3/c1-4-10(3)18-13-8-11(9-14-5-2)6-7-12(13)15(16)17/h6-8,10,14H,4-5,9H2,1-3H3. The lowest BCUT2D eigenvalue weighted by molar-refractivity contribution is -0.386. The van der Waals surface area contributed by atoms with Crippen molar-refractivity contribution in [2.75, 3.05) is 6.54 Å². The molecule has 0 spiro atoms. The van der Waals surface area contributed by atoms with Crippen molar-refractivity contribution < 1.29 is 9.66 Å². The van der Waals surface area contributed by atoms with Crippen molar-refractivity contribution in [3.05, 3.63) is 33.9 Å². The molecule has 0 aliphatic carbocycles. The van der Waals surface area contributed by atoms with Gasteiger partial charge in [-0.1, -0.05) is 19.9 Å². The number of nitro benzene ring substituents is 1. The maximum Gasteiger partial charge on any atom is 0.310 e. The molecule has 1 N–H and O–H groups in total. The van der Waals surface area contributed by atoms with Crippen LogP contribution in [0.1, 0.15) is 32.8 Å². The van der Waals surface area contributed by atoms with E-state index in [-0.39, 0.29) is 11.8 Å². The van der Waals surface area contributed by atoms with E-state index in [1.807, 2.05) is 20.8 Å². The molecule has 0 aliphatic heterocycles. The summed E-state index contributed by atoms with van der Waals surface area (Å²) in [4.78, 5) is 10.5. The molecule has 1 aromatic rings. The second-order valence-electron chi connectivity index (χ2n) is 4.18. The zero-order valence-electron chi connectivity index (χ0n) is 11.1. The van der Waals surface area contributed by atoms with E-state index in [0.717, 1.165) is 18.5 Å². The first-order valence-corrected chi connectivity index (χ1v) is 6.23. The average Bonchev–Trinajstić information content (AvgIpc) is 2.36. The minimum absolute atomic E-state index is 0.0237. The topological polar surface area (TPSA) is 64.4 Å². The van der Waals surface area contributed by atoms with Gasteiger partial charge in [0.1, 0.15) is 0 Å².